The molecule has 11 heteroatoms. The van der Waals surface area contributed by atoms with E-state index in [-0.39, 0.29) is 18.5 Å². The third-order valence-electron chi connectivity index (χ3n) is 7.92. The molecule has 4 N–H and O–H groups in total. The van der Waals surface area contributed by atoms with Gasteiger partial charge in [0.05, 0.1) is 27.2 Å². The molecule has 0 aliphatic heterocycles. The van der Waals surface area contributed by atoms with Gasteiger partial charge in [-0.05, 0) is 12.0 Å². The standard InChI is InChI=1S/C33H59F2N2O6P/c1-5-6-7-8-9-10-11-12-13-14-15-16-17-18-22-25-29(38)36-30(31(39)28-23-20-19-21-24-28)32(40)33(34,35)44(41,42)43-27-26-37(2,3)4/h19-21,23-24,30-32,39-40H,5-18,22,25-27H2,1-4H3,(H-,36,38,41,42)/p+1/t30-,31-,32?/m1/s1. The van der Waals surface area contributed by atoms with Gasteiger partial charge >= 0.3 is 13.3 Å². The number of hydrogen-bond donors (Lipinski definition) is 4. The molecular weight excluding hydrogens is 589 g/mol. The Morgan fingerprint density at radius 3 is 1.77 bits per heavy atom. The molecule has 0 aliphatic rings. The van der Waals surface area contributed by atoms with Gasteiger partial charge in [-0.25, -0.2) is 0 Å². The highest BCUT2D eigenvalue weighted by molar-refractivity contribution is 7.54. The van der Waals surface area contributed by atoms with Gasteiger partial charge < -0.3 is 24.9 Å². The number of benzene rings is 1. The number of alkyl halides is 2. The van der Waals surface area contributed by atoms with E-state index < -0.39 is 44.0 Å². The number of amides is 1. The lowest BCUT2D eigenvalue weighted by Gasteiger charge is -2.34. The summed E-state index contributed by atoms with van der Waals surface area (Å²) in [4.78, 5) is 22.9. The van der Waals surface area contributed by atoms with Crippen molar-refractivity contribution in [1.82, 2.24) is 5.32 Å². The molecule has 44 heavy (non-hydrogen) atoms. The SMILES string of the molecule is CCCCCCCCCCCCCCCCCC(=O)N[C@@H](C(O)C(F)(F)P(=O)(O)OCC[N+](C)(C)C)[C@H](O)c1ccccc1. The lowest BCUT2D eigenvalue weighted by molar-refractivity contribution is -0.870. The summed E-state index contributed by atoms with van der Waals surface area (Å²) in [5.41, 5.74) is -4.49. The van der Waals surface area contributed by atoms with Crippen LogP contribution in [0.4, 0.5) is 8.78 Å². The Morgan fingerprint density at radius 1 is 0.864 bits per heavy atom. The number of likely N-dealkylation sites (N-methyl/N-ethyl adjacent to an activating group) is 1. The van der Waals surface area contributed by atoms with E-state index in [9.17, 15) is 24.5 Å². The van der Waals surface area contributed by atoms with Gasteiger partial charge in [0.2, 0.25) is 5.91 Å². The molecule has 0 bridgehead atoms. The first-order valence-electron chi connectivity index (χ1n) is 16.6. The average Bonchev–Trinajstić information content (AvgIpc) is 2.96. The monoisotopic (exact) mass is 649 g/mol. The van der Waals surface area contributed by atoms with Crippen LogP contribution in [-0.2, 0) is 13.9 Å². The van der Waals surface area contributed by atoms with E-state index >= 15 is 8.78 Å². The maximum absolute atomic E-state index is 15.2. The normalized spacial score (nSPS) is 15.8. The second-order valence-corrected chi connectivity index (χ2v) is 14.9. The van der Waals surface area contributed by atoms with Crippen molar-refractivity contribution in [2.24, 2.45) is 0 Å². The number of nitrogens with one attached hydrogen (secondary N) is 1. The average molecular weight is 650 g/mol. The lowest BCUT2D eigenvalue weighted by atomic mass is 9.97. The highest BCUT2D eigenvalue weighted by Crippen LogP contribution is 2.60. The van der Waals surface area contributed by atoms with Crippen LogP contribution in [0, 0.1) is 0 Å². The number of hydrogen-bond acceptors (Lipinski definition) is 5. The molecule has 1 rings (SSSR count). The molecule has 0 heterocycles. The minimum atomic E-state index is -5.68. The molecule has 0 fully saturated rings. The summed E-state index contributed by atoms with van der Waals surface area (Å²) in [5, 5.41) is 23.9. The van der Waals surface area contributed by atoms with Crippen molar-refractivity contribution in [1.29, 1.82) is 0 Å². The van der Waals surface area contributed by atoms with Gasteiger partial charge in [-0.15, -0.1) is 0 Å². The first-order chi connectivity index (χ1) is 20.7. The third kappa shape index (κ3) is 16.2. The van der Waals surface area contributed by atoms with Crippen molar-refractivity contribution < 1.29 is 42.3 Å². The fraction of sp³-hybridized carbons (Fsp3) is 0.788. The van der Waals surface area contributed by atoms with Crippen LogP contribution < -0.4 is 5.32 Å². The quantitative estimate of drug-likeness (QED) is 0.0475. The fourth-order valence-corrected chi connectivity index (χ4v) is 6.01. The number of unbranched alkanes of at least 4 members (excludes halogenated alkanes) is 14. The topological polar surface area (TPSA) is 116 Å². The molecule has 0 spiro atoms. The van der Waals surface area contributed by atoms with Crippen molar-refractivity contribution in [3.05, 3.63) is 35.9 Å². The smallest absolute Gasteiger partial charge is 0.386 e. The van der Waals surface area contributed by atoms with Crippen LogP contribution >= 0.6 is 7.60 Å². The molecule has 0 saturated carbocycles. The Hall–Kier alpha value is -1.42. The number of carbonyl (C=O) groups excluding carboxylic acids is 1. The van der Waals surface area contributed by atoms with Crippen molar-refractivity contribution in [2.75, 3.05) is 34.3 Å². The van der Waals surface area contributed by atoms with Crippen LogP contribution in [0.15, 0.2) is 30.3 Å². The minimum Gasteiger partial charge on any atom is -0.386 e. The summed E-state index contributed by atoms with van der Waals surface area (Å²) in [6.07, 6.45) is 12.9. The number of halogens is 2. The maximum atomic E-state index is 15.2. The van der Waals surface area contributed by atoms with E-state index in [1.165, 1.54) is 76.3 Å². The van der Waals surface area contributed by atoms with Crippen LogP contribution in [0.25, 0.3) is 0 Å². The van der Waals surface area contributed by atoms with Crippen LogP contribution in [0.5, 0.6) is 0 Å². The Bertz CT molecular complexity index is 948. The van der Waals surface area contributed by atoms with Crippen LogP contribution in [-0.4, -0.2) is 77.6 Å². The molecule has 1 aromatic rings. The van der Waals surface area contributed by atoms with Crippen LogP contribution in [0.2, 0.25) is 0 Å². The molecule has 4 atom stereocenters. The highest BCUT2D eigenvalue weighted by atomic mass is 31.2. The third-order valence-corrected chi connectivity index (χ3v) is 9.47. The zero-order valence-electron chi connectivity index (χ0n) is 27.6. The molecular formula is C33H60F2N2O6P+. The molecule has 0 aliphatic carbocycles. The van der Waals surface area contributed by atoms with Gasteiger partial charge in [0.25, 0.3) is 0 Å². The van der Waals surface area contributed by atoms with Gasteiger partial charge in [-0.2, -0.15) is 8.78 Å². The Kier molecular flexibility index (Phi) is 19.7. The summed E-state index contributed by atoms with van der Waals surface area (Å²) < 4.78 is 48.0. The molecule has 2 unspecified atom stereocenters. The van der Waals surface area contributed by atoms with Crippen molar-refractivity contribution in [3.8, 4) is 0 Å². The molecule has 1 amide bonds. The van der Waals surface area contributed by atoms with Gasteiger partial charge in [-0.3, -0.25) is 13.9 Å². The number of nitrogens with zero attached hydrogens (tertiary/aromatic N) is 1. The lowest BCUT2D eigenvalue weighted by Crippen LogP contribution is -2.54. The summed E-state index contributed by atoms with van der Waals surface area (Å²) in [5.74, 6) is -0.631. The summed E-state index contributed by atoms with van der Waals surface area (Å²) in [6, 6.07) is 5.78. The molecule has 0 radical (unpaired) electrons. The van der Waals surface area contributed by atoms with E-state index in [0.29, 0.717) is 10.9 Å². The zero-order valence-corrected chi connectivity index (χ0v) is 28.5. The fourth-order valence-electron chi connectivity index (χ4n) is 5.01. The molecule has 0 aromatic heterocycles. The number of carbonyl (C=O) groups is 1. The van der Waals surface area contributed by atoms with Crippen LogP contribution in [0.3, 0.4) is 0 Å². The van der Waals surface area contributed by atoms with E-state index in [2.05, 4.69) is 16.8 Å². The first kappa shape index (κ1) is 40.6. The van der Waals surface area contributed by atoms with Crippen molar-refractivity contribution >= 4 is 13.5 Å². The maximum Gasteiger partial charge on any atom is 0.400 e. The van der Waals surface area contributed by atoms with Gasteiger partial charge in [0.1, 0.15) is 19.3 Å². The first-order valence-corrected chi connectivity index (χ1v) is 18.2. The van der Waals surface area contributed by atoms with Crippen molar-refractivity contribution in [2.45, 2.75) is 134 Å². The molecule has 1 aromatic carbocycles. The van der Waals surface area contributed by atoms with Crippen LogP contribution in [0.1, 0.15) is 121 Å². The van der Waals surface area contributed by atoms with Gasteiger partial charge in [0.15, 0.2) is 6.10 Å². The number of quaternary nitrogens is 1. The van der Waals surface area contributed by atoms with E-state index in [1.54, 1.807) is 39.3 Å². The Labute approximate surface area is 264 Å². The van der Waals surface area contributed by atoms with E-state index in [1.807, 2.05) is 0 Å². The van der Waals surface area contributed by atoms with E-state index in [4.69, 9.17) is 0 Å². The van der Waals surface area contributed by atoms with Gasteiger partial charge in [0, 0.05) is 6.42 Å². The second-order valence-electron chi connectivity index (χ2n) is 13.0. The molecule has 0 saturated heterocycles. The summed E-state index contributed by atoms with van der Waals surface area (Å²) in [7, 11) is -0.386. The Morgan fingerprint density at radius 2 is 1.32 bits per heavy atom. The van der Waals surface area contributed by atoms with Crippen molar-refractivity contribution in [3.63, 3.8) is 0 Å². The highest BCUT2D eigenvalue weighted by Gasteiger charge is 2.60. The Balaban J connectivity index is 2.56. The van der Waals surface area contributed by atoms with E-state index in [0.717, 1.165) is 25.7 Å². The number of aliphatic hydroxyl groups excluding tert-OH is 2. The molecule has 256 valence electrons. The summed E-state index contributed by atoms with van der Waals surface area (Å²) in [6.45, 7) is 1.96. The zero-order chi connectivity index (χ0) is 33.1. The molecule has 8 nitrogen and oxygen atoms in total. The number of aliphatic hydroxyl groups is 2. The summed E-state index contributed by atoms with van der Waals surface area (Å²) >= 11 is 0. The van der Waals surface area contributed by atoms with Gasteiger partial charge in [-0.1, -0.05) is 127 Å². The largest absolute Gasteiger partial charge is 0.400 e. The number of rotatable bonds is 26. The minimum absolute atomic E-state index is 0.0192. The predicted octanol–water partition coefficient (Wildman–Crippen LogP) is 7.33. The predicted molar refractivity (Wildman–Crippen MR) is 173 cm³/mol. The second kappa shape index (κ2) is 21.4.